The van der Waals surface area contributed by atoms with E-state index >= 15 is 0 Å². The molecule has 14 aromatic carbocycles. The standard InChI is InChI=1S/C101H86BN5/c1-98(2,3)73-36-28-34-68(52-73)69-45-47-86-92(55-69)107(97-84(66-31-17-14-18-32-66)59-76(101(10,11)12)60-85(97)70-35-27-33-67(51-70)65-29-15-13-16-30-65)95-57-72(71-53-74(99(4,5)6)58-75(54-71)100(7,8)9)56-94-96(95)102(86)87-48-46-77(104-88-41-23-19-37-80(88)81-38-20-24-42-89(81)104)62-93(87)106(94)79-50-64(63-103)49-78(61-79)105-90-43-25-21-39-82(90)83-40-22-26-44-91(83)105/h13-62H,1-12H3/i19D,20D,23D,24D,37D,38D,41D,42D. The summed E-state index contributed by atoms with van der Waals surface area (Å²) in [5.41, 5.74) is 25.1. The molecule has 0 saturated carbocycles. The lowest BCUT2D eigenvalue weighted by Crippen LogP contribution is -2.61. The summed E-state index contributed by atoms with van der Waals surface area (Å²) < 4.78 is 79.6. The summed E-state index contributed by atoms with van der Waals surface area (Å²) in [7, 11) is 0. The molecule has 18 rings (SSSR count). The van der Waals surface area contributed by atoms with Gasteiger partial charge < -0.3 is 18.9 Å². The van der Waals surface area contributed by atoms with Crippen LogP contribution in [-0.2, 0) is 21.7 Å². The van der Waals surface area contributed by atoms with Gasteiger partial charge in [0.15, 0.2) is 0 Å². The summed E-state index contributed by atoms with van der Waals surface area (Å²) in [6, 6.07) is 90.8. The smallest absolute Gasteiger partial charge is 0.252 e. The van der Waals surface area contributed by atoms with Crippen molar-refractivity contribution in [1.82, 2.24) is 9.13 Å². The minimum atomic E-state index is -0.561. The molecule has 0 N–H and O–H groups in total. The Morgan fingerprint density at radius 1 is 0.308 bits per heavy atom. The number of anilines is 6. The third kappa shape index (κ3) is 11.4. The van der Waals surface area contributed by atoms with Gasteiger partial charge in [0.1, 0.15) is 0 Å². The Kier molecular flexibility index (Phi) is 13.6. The number of aromatic nitrogens is 2. The Hall–Kier alpha value is -12.2. The molecule has 0 amide bonds. The first kappa shape index (κ1) is 58.1. The van der Waals surface area contributed by atoms with Crippen LogP contribution >= 0.6 is 0 Å². The second-order valence-electron chi connectivity index (χ2n) is 33.2. The molecule has 5 nitrogen and oxygen atoms in total. The number of nitrogens with zero attached hydrogens (tertiary/aromatic N) is 5. The van der Waals surface area contributed by atoms with Gasteiger partial charge in [-0.3, -0.25) is 0 Å². The zero-order valence-electron chi connectivity index (χ0n) is 70.6. The van der Waals surface area contributed by atoms with Crippen molar-refractivity contribution in [1.29, 1.82) is 5.26 Å². The summed E-state index contributed by atoms with van der Waals surface area (Å²) in [5.74, 6) is 0. The Morgan fingerprint density at radius 2 is 0.757 bits per heavy atom. The number of hydrogen-bond acceptors (Lipinski definition) is 3. The van der Waals surface area contributed by atoms with Gasteiger partial charge in [-0.25, -0.2) is 0 Å². The maximum Gasteiger partial charge on any atom is 0.252 e. The van der Waals surface area contributed by atoms with Crippen LogP contribution in [0.1, 0.15) is 122 Å². The number of nitriles is 1. The van der Waals surface area contributed by atoms with Gasteiger partial charge >= 0.3 is 0 Å². The molecule has 0 aliphatic carbocycles. The van der Waals surface area contributed by atoms with Crippen molar-refractivity contribution in [3.8, 4) is 73.1 Å². The van der Waals surface area contributed by atoms with Crippen molar-refractivity contribution < 1.29 is 11.0 Å². The van der Waals surface area contributed by atoms with Crippen LogP contribution in [0.5, 0.6) is 0 Å². The van der Waals surface area contributed by atoms with E-state index in [1.807, 2.05) is 36.4 Å². The molecular formula is C101H86BN5. The molecule has 2 aromatic heterocycles. The van der Waals surface area contributed by atoms with Crippen LogP contribution in [0.25, 0.3) is 111 Å². The Labute approximate surface area is 641 Å². The van der Waals surface area contributed by atoms with Crippen molar-refractivity contribution in [2.24, 2.45) is 0 Å². The predicted octanol–water partition coefficient (Wildman–Crippen LogP) is 25.4. The van der Waals surface area contributed by atoms with Gasteiger partial charge in [-0.2, -0.15) is 5.26 Å². The van der Waals surface area contributed by atoms with Crippen LogP contribution < -0.4 is 26.2 Å². The fraction of sp³-hybridized carbons (Fsp3) is 0.158. The molecule has 0 bridgehead atoms. The number of fused-ring (bicyclic) bond motifs is 10. The van der Waals surface area contributed by atoms with E-state index < -0.39 is 55.1 Å². The fourth-order valence-corrected chi connectivity index (χ4v) is 16.5. The average Bonchev–Trinajstić information content (AvgIpc) is 1.42. The quantitative estimate of drug-likeness (QED) is 0.135. The largest absolute Gasteiger partial charge is 0.311 e. The molecule has 2 aliphatic heterocycles. The molecule has 0 fully saturated rings. The van der Waals surface area contributed by atoms with Crippen molar-refractivity contribution in [3.63, 3.8) is 0 Å². The molecule has 6 heteroatoms. The lowest BCUT2D eigenvalue weighted by Gasteiger charge is -2.45. The van der Waals surface area contributed by atoms with Crippen LogP contribution in [0.2, 0.25) is 0 Å². The van der Waals surface area contributed by atoms with Crippen molar-refractivity contribution in [3.05, 3.63) is 331 Å². The summed E-state index contributed by atoms with van der Waals surface area (Å²) in [5, 5.41) is 13.8. The molecule has 16 aromatic rings. The average molecular weight is 1390 g/mol. The van der Waals surface area contributed by atoms with Crippen LogP contribution in [0, 0.1) is 11.3 Å². The monoisotopic (exact) mass is 1390 g/mol. The maximum atomic E-state index is 11.8. The lowest BCUT2D eigenvalue weighted by molar-refractivity contribution is 0.569. The first-order valence-corrected chi connectivity index (χ1v) is 37.1. The minimum Gasteiger partial charge on any atom is -0.311 e. The van der Waals surface area contributed by atoms with Crippen molar-refractivity contribution in [2.45, 2.75) is 105 Å². The van der Waals surface area contributed by atoms with Crippen molar-refractivity contribution in [2.75, 3.05) is 9.80 Å². The predicted molar refractivity (Wildman–Crippen MR) is 456 cm³/mol. The van der Waals surface area contributed by atoms with Gasteiger partial charge in [0.25, 0.3) is 6.71 Å². The summed E-state index contributed by atoms with van der Waals surface area (Å²) in [6.45, 7) is 26.7. The highest BCUT2D eigenvalue weighted by Gasteiger charge is 2.46. The topological polar surface area (TPSA) is 40.1 Å². The van der Waals surface area contributed by atoms with E-state index in [0.717, 1.165) is 128 Å². The molecule has 0 atom stereocenters. The second kappa shape index (κ2) is 25.0. The molecular weight excluding hydrogens is 1290 g/mol. The molecule has 4 heterocycles. The summed E-state index contributed by atoms with van der Waals surface area (Å²) >= 11 is 0. The Bertz CT molecular complexity index is 6680. The lowest BCUT2D eigenvalue weighted by atomic mass is 9.33. The van der Waals surface area contributed by atoms with Crippen molar-refractivity contribution >= 4 is 101 Å². The SMILES string of the molecule is [2H]c1c([2H])c([2H])c2c(c1[2H])c1c([2H])c([2H])c([2H])c([2H])c1n2-c1ccc2c(c1)N(c1cc(C#N)cc(-n3c4ccccc4c4ccccc43)c1)c1cc(-c3cc(C(C)(C)C)cc(C(C)(C)C)c3)cc3c1B2c1ccc(-c2cccc(C(C)(C)C)c2)cc1N3c1c(-c2ccccc2)cc(C(C)(C)C)cc1-c1cccc(-c2ccccc2)c1. The molecule has 518 valence electrons. The van der Waals surface area contributed by atoms with E-state index in [9.17, 15) is 13.5 Å². The number of hydrogen-bond donors (Lipinski definition) is 0. The molecule has 0 unspecified atom stereocenters. The third-order valence-electron chi connectivity index (χ3n) is 22.1. The van der Waals surface area contributed by atoms with Gasteiger partial charge in [-0.15, -0.1) is 0 Å². The third-order valence-corrected chi connectivity index (χ3v) is 22.1. The van der Waals surface area contributed by atoms with Crippen LogP contribution in [0.4, 0.5) is 34.1 Å². The van der Waals surface area contributed by atoms with E-state index in [4.69, 9.17) is 2.74 Å². The van der Waals surface area contributed by atoms with E-state index in [2.05, 4.69) is 322 Å². The normalized spacial score (nSPS) is 14.0. The molecule has 107 heavy (non-hydrogen) atoms. The molecule has 2 aliphatic rings. The van der Waals surface area contributed by atoms with Gasteiger partial charge in [0.05, 0.1) is 50.4 Å². The molecule has 0 saturated heterocycles. The molecule has 0 spiro atoms. The fourth-order valence-electron chi connectivity index (χ4n) is 16.5. The van der Waals surface area contributed by atoms with Crippen LogP contribution in [-0.4, -0.2) is 15.8 Å². The first-order chi connectivity index (χ1) is 54.9. The van der Waals surface area contributed by atoms with E-state index in [1.54, 1.807) is 4.57 Å². The summed E-state index contributed by atoms with van der Waals surface area (Å²) in [6.07, 6.45) is 0. The van der Waals surface area contributed by atoms with Gasteiger partial charge in [0.2, 0.25) is 0 Å². The number of rotatable bonds is 9. The summed E-state index contributed by atoms with van der Waals surface area (Å²) in [4.78, 5) is 4.86. The Morgan fingerprint density at radius 3 is 1.36 bits per heavy atom. The van der Waals surface area contributed by atoms with E-state index in [1.165, 1.54) is 16.7 Å². The zero-order valence-corrected chi connectivity index (χ0v) is 62.6. The highest BCUT2D eigenvalue weighted by Crippen LogP contribution is 2.54. The first-order valence-electron chi connectivity index (χ1n) is 41.1. The second-order valence-corrected chi connectivity index (χ2v) is 33.2. The van der Waals surface area contributed by atoms with Gasteiger partial charge in [-0.05, 0) is 196 Å². The van der Waals surface area contributed by atoms with Gasteiger partial charge in [-0.1, -0.05) is 295 Å². The Balaban J connectivity index is 1.05. The number of benzene rings is 14. The van der Waals surface area contributed by atoms with Gasteiger partial charge in [0, 0.05) is 72.5 Å². The minimum absolute atomic E-state index is 0.00677. The number of para-hydroxylation sites is 4. The van der Waals surface area contributed by atoms with Crippen LogP contribution in [0.15, 0.2) is 303 Å². The van der Waals surface area contributed by atoms with E-state index in [-0.39, 0.29) is 43.5 Å². The van der Waals surface area contributed by atoms with E-state index in [0.29, 0.717) is 22.6 Å². The van der Waals surface area contributed by atoms with Crippen LogP contribution in [0.3, 0.4) is 0 Å². The highest BCUT2D eigenvalue weighted by atomic mass is 15.2. The highest BCUT2D eigenvalue weighted by molar-refractivity contribution is 7.00. The maximum absolute atomic E-state index is 11.8. The zero-order chi connectivity index (χ0) is 80.5. The molecule has 0 radical (unpaired) electrons.